The highest BCUT2D eigenvalue weighted by molar-refractivity contribution is 5.89. The maximum atomic E-state index is 12.7. The summed E-state index contributed by atoms with van der Waals surface area (Å²) >= 11 is 0. The van der Waals surface area contributed by atoms with Crippen molar-refractivity contribution in [3.8, 4) is 0 Å². The Morgan fingerprint density at radius 3 is 2.65 bits per heavy atom. The second-order valence-corrected chi connectivity index (χ2v) is 7.02. The highest BCUT2D eigenvalue weighted by Gasteiger charge is 2.70. The van der Waals surface area contributed by atoms with Gasteiger partial charge in [-0.2, -0.15) is 0 Å². The normalized spacial score (nSPS) is 35.3. The zero-order chi connectivity index (χ0) is 15.0. The monoisotopic (exact) mass is 282 g/mol. The van der Waals surface area contributed by atoms with Gasteiger partial charge in [-0.15, -0.1) is 0 Å². The van der Waals surface area contributed by atoms with Gasteiger partial charge in [-0.1, -0.05) is 40.5 Å². The van der Waals surface area contributed by atoms with Gasteiger partial charge in [-0.05, 0) is 18.8 Å². The summed E-state index contributed by atoms with van der Waals surface area (Å²) in [7, 11) is 0. The van der Waals surface area contributed by atoms with Gasteiger partial charge in [-0.25, -0.2) is 0 Å². The van der Waals surface area contributed by atoms with Crippen molar-refractivity contribution in [2.24, 2.45) is 23.0 Å². The third-order valence-corrected chi connectivity index (χ3v) is 5.77. The molecule has 0 spiro atoms. The van der Waals surface area contributed by atoms with E-state index in [4.69, 9.17) is 10.5 Å². The largest absolute Gasteiger partial charge is 0.377 e. The Morgan fingerprint density at radius 1 is 1.40 bits per heavy atom. The second-order valence-electron chi connectivity index (χ2n) is 7.02. The Kier molecular flexibility index (Phi) is 4.45. The highest BCUT2D eigenvalue weighted by atomic mass is 16.5. The molecule has 4 nitrogen and oxygen atoms in total. The van der Waals surface area contributed by atoms with Crippen molar-refractivity contribution in [2.75, 3.05) is 13.2 Å². The standard InChI is InChI=1S/C16H30N2O2/c1-5-11(6-2)10-18-14(19)16(17)12-8-7-9-20-13(12)15(16,3)4/h11-13H,5-10,17H2,1-4H3,(H,18,19). The average molecular weight is 282 g/mol. The maximum absolute atomic E-state index is 12.7. The van der Waals surface area contributed by atoms with E-state index in [-0.39, 0.29) is 23.3 Å². The number of amides is 1. The molecule has 1 saturated carbocycles. The third-order valence-electron chi connectivity index (χ3n) is 5.77. The number of nitrogens with two attached hydrogens (primary N) is 1. The summed E-state index contributed by atoms with van der Waals surface area (Å²) < 4.78 is 5.85. The molecule has 0 aromatic rings. The van der Waals surface area contributed by atoms with Crippen LogP contribution in [0.15, 0.2) is 0 Å². The van der Waals surface area contributed by atoms with E-state index < -0.39 is 5.54 Å². The van der Waals surface area contributed by atoms with Crippen LogP contribution in [0.25, 0.3) is 0 Å². The molecule has 116 valence electrons. The summed E-state index contributed by atoms with van der Waals surface area (Å²) in [6.45, 7) is 10.00. The van der Waals surface area contributed by atoms with Crippen LogP contribution in [0.2, 0.25) is 0 Å². The molecule has 20 heavy (non-hydrogen) atoms. The molecule has 2 fully saturated rings. The van der Waals surface area contributed by atoms with Crippen LogP contribution in [0.4, 0.5) is 0 Å². The lowest BCUT2D eigenvalue weighted by Gasteiger charge is -2.65. The highest BCUT2D eigenvalue weighted by Crippen LogP contribution is 2.57. The van der Waals surface area contributed by atoms with Crippen LogP contribution in [0.1, 0.15) is 53.4 Å². The fraction of sp³-hybridized carbons (Fsp3) is 0.938. The molecule has 1 heterocycles. The van der Waals surface area contributed by atoms with E-state index in [1.807, 2.05) is 0 Å². The predicted octanol–water partition coefficient (Wildman–Crippen LogP) is 2.07. The quantitative estimate of drug-likeness (QED) is 0.811. The van der Waals surface area contributed by atoms with Crippen LogP contribution in [0.3, 0.4) is 0 Å². The fourth-order valence-electron chi connectivity index (χ4n) is 4.00. The number of fused-ring (bicyclic) bond motifs is 1. The molecule has 3 unspecified atom stereocenters. The predicted molar refractivity (Wildman–Crippen MR) is 80.2 cm³/mol. The van der Waals surface area contributed by atoms with Gasteiger partial charge in [0.1, 0.15) is 5.54 Å². The summed E-state index contributed by atoms with van der Waals surface area (Å²) in [5, 5.41) is 3.10. The molecule has 0 bridgehead atoms. The molecule has 1 aliphatic heterocycles. The van der Waals surface area contributed by atoms with E-state index in [2.05, 4.69) is 33.0 Å². The third kappa shape index (κ3) is 2.17. The smallest absolute Gasteiger partial charge is 0.241 e. The zero-order valence-electron chi connectivity index (χ0n) is 13.4. The van der Waals surface area contributed by atoms with Gasteiger partial charge in [0.15, 0.2) is 0 Å². The van der Waals surface area contributed by atoms with Crippen LogP contribution in [-0.2, 0) is 9.53 Å². The Morgan fingerprint density at radius 2 is 2.05 bits per heavy atom. The molecule has 3 N–H and O–H groups in total. The number of carbonyl (C=O) groups is 1. The Bertz CT molecular complexity index is 365. The maximum Gasteiger partial charge on any atom is 0.241 e. The van der Waals surface area contributed by atoms with Gasteiger partial charge in [0.05, 0.1) is 6.10 Å². The van der Waals surface area contributed by atoms with E-state index in [0.29, 0.717) is 5.92 Å². The molecular formula is C16H30N2O2. The lowest BCUT2D eigenvalue weighted by Crippen LogP contribution is -2.82. The van der Waals surface area contributed by atoms with Crippen LogP contribution < -0.4 is 11.1 Å². The lowest BCUT2D eigenvalue weighted by molar-refractivity contribution is -0.225. The molecule has 1 amide bonds. The van der Waals surface area contributed by atoms with Crippen molar-refractivity contribution in [3.63, 3.8) is 0 Å². The van der Waals surface area contributed by atoms with E-state index in [1.165, 1.54) is 0 Å². The minimum atomic E-state index is -0.774. The molecule has 0 radical (unpaired) electrons. The van der Waals surface area contributed by atoms with Crippen molar-refractivity contribution in [1.29, 1.82) is 0 Å². The van der Waals surface area contributed by atoms with Crippen molar-refractivity contribution in [3.05, 3.63) is 0 Å². The first-order valence-corrected chi connectivity index (χ1v) is 8.08. The number of nitrogens with one attached hydrogen (secondary N) is 1. The topological polar surface area (TPSA) is 64.4 Å². The fourth-order valence-corrected chi connectivity index (χ4v) is 4.00. The van der Waals surface area contributed by atoms with Gasteiger partial charge < -0.3 is 15.8 Å². The van der Waals surface area contributed by atoms with E-state index in [0.717, 1.165) is 38.8 Å². The molecule has 1 aliphatic carbocycles. The lowest BCUT2D eigenvalue weighted by atomic mass is 9.46. The molecule has 1 saturated heterocycles. The second kappa shape index (κ2) is 5.64. The molecule has 0 aromatic heterocycles. The number of carbonyl (C=O) groups excluding carboxylic acids is 1. The number of rotatable bonds is 5. The van der Waals surface area contributed by atoms with Crippen LogP contribution >= 0.6 is 0 Å². The Balaban J connectivity index is 2.04. The van der Waals surface area contributed by atoms with Gasteiger partial charge in [-0.3, -0.25) is 4.79 Å². The van der Waals surface area contributed by atoms with Crippen molar-refractivity contribution >= 4 is 5.91 Å². The first-order valence-electron chi connectivity index (χ1n) is 8.08. The molecule has 0 aromatic carbocycles. The van der Waals surface area contributed by atoms with Crippen LogP contribution in [0.5, 0.6) is 0 Å². The minimum absolute atomic E-state index is 0.0150. The van der Waals surface area contributed by atoms with Gasteiger partial charge in [0, 0.05) is 24.5 Å². The number of ether oxygens (including phenoxy) is 1. The summed E-state index contributed by atoms with van der Waals surface area (Å²) in [5.74, 6) is 0.734. The van der Waals surface area contributed by atoms with Crippen molar-refractivity contribution < 1.29 is 9.53 Å². The average Bonchev–Trinajstić information content (AvgIpc) is 2.47. The van der Waals surface area contributed by atoms with Crippen molar-refractivity contribution in [2.45, 2.75) is 65.0 Å². The minimum Gasteiger partial charge on any atom is -0.377 e. The van der Waals surface area contributed by atoms with Gasteiger partial charge in [0.25, 0.3) is 0 Å². The summed E-state index contributed by atoms with van der Waals surface area (Å²) in [6, 6.07) is 0. The first-order chi connectivity index (χ1) is 9.39. The summed E-state index contributed by atoms with van der Waals surface area (Å²) in [6.07, 6.45) is 4.33. The van der Waals surface area contributed by atoms with Gasteiger partial charge >= 0.3 is 0 Å². The van der Waals surface area contributed by atoms with E-state index in [9.17, 15) is 4.79 Å². The Labute approximate surface area is 122 Å². The molecule has 3 atom stereocenters. The number of hydrogen-bond acceptors (Lipinski definition) is 3. The molecule has 4 heteroatoms. The first kappa shape index (κ1) is 15.8. The Hall–Kier alpha value is -0.610. The number of hydrogen-bond donors (Lipinski definition) is 2. The zero-order valence-corrected chi connectivity index (χ0v) is 13.4. The van der Waals surface area contributed by atoms with Gasteiger partial charge in [0.2, 0.25) is 5.91 Å². The molecular weight excluding hydrogens is 252 g/mol. The summed E-state index contributed by atoms with van der Waals surface area (Å²) in [5.41, 5.74) is 5.50. The van der Waals surface area contributed by atoms with Crippen LogP contribution in [-0.4, -0.2) is 30.7 Å². The van der Waals surface area contributed by atoms with Crippen molar-refractivity contribution in [1.82, 2.24) is 5.32 Å². The van der Waals surface area contributed by atoms with Crippen LogP contribution in [0, 0.1) is 17.3 Å². The molecule has 2 rings (SSSR count). The van der Waals surface area contributed by atoms with E-state index >= 15 is 0 Å². The molecule has 2 aliphatic rings. The van der Waals surface area contributed by atoms with E-state index in [1.54, 1.807) is 0 Å². The SMILES string of the molecule is CCC(CC)CNC(=O)C1(N)C2CCCOC2C1(C)C. The summed E-state index contributed by atoms with van der Waals surface area (Å²) in [4.78, 5) is 12.7.